The number of nitrogens with one attached hydrogen (secondary N) is 2. The van der Waals surface area contributed by atoms with Crippen LogP contribution >= 0.6 is 0 Å². The van der Waals surface area contributed by atoms with E-state index >= 15 is 0 Å². The fourth-order valence-corrected chi connectivity index (χ4v) is 3.11. The lowest BCUT2D eigenvalue weighted by Crippen LogP contribution is -2.40. The van der Waals surface area contributed by atoms with E-state index in [1.807, 2.05) is 19.2 Å². The van der Waals surface area contributed by atoms with Gasteiger partial charge in [-0.25, -0.2) is 0 Å². The Morgan fingerprint density at radius 2 is 1.89 bits per heavy atom. The van der Waals surface area contributed by atoms with Crippen LogP contribution in [0.15, 0.2) is 12.2 Å². The average Bonchev–Trinajstić information content (AvgIpc) is 2.94. The van der Waals surface area contributed by atoms with Gasteiger partial charge in [-0.05, 0) is 38.3 Å². The number of allylic oxidation sites excluding steroid dienone is 2. The molecule has 4 atom stereocenters. The molecule has 5 nitrogen and oxygen atoms in total. The van der Waals surface area contributed by atoms with Crippen LogP contribution in [-0.4, -0.2) is 37.1 Å². The lowest BCUT2D eigenvalue weighted by atomic mass is 9.82. The minimum absolute atomic E-state index is 0.0422. The van der Waals surface area contributed by atoms with Gasteiger partial charge in [0.05, 0.1) is 11.8 Å². The van der Waals surface area contributed by atoms with Gasteiger partial charge < -0.3 is 15.7 Å². The first-order valence-corrected chi connectivity index (χ1v) is 6.48. The van der Waals surface area contributed by atoms with Crippen molar-refractivity contribution in [2.24, 2.45) is 23.7 Å². The number of hydrogen-bond donors (Lipinski definition) is 3. The fourth-order valence-electron chi connectivity index (χ4n) is 3.11. The van der Waals surface area contributed by atoms with Crippen LogP contribution in [0, 0.1) is 23.7 Å². The van der Waals surface area contributed by atoms with E-state index in [4.69, 9.17) is 0 Å². The van der Waals surface area contributed by atoms with Gasteiger partial charge in [0.15, 0.2) is 0 Å². The van der Waals surface area contributed by atoms with Gasteiger partial charge in [0.25, 0.3) is 0 Å². The lowest BCUT2D eigenvalue weighted by molar-refractivity contribution is -0.147. The predicted molar refractivity (Wildman–Crippen MR) is 66.9 cm³/mol. The molecule has 5 heteroatoms. The van der Waals surface area contributed by atoms with Crippen LogP contribution in [0.2, 0.25) is 0 Å². The summed E-state index contributed by atoms with van der Waals surface area (Å²) in [6.07, 6.45) is 5.62. The summed E-state index contributed by atoms with van der Waals surface area (Å²) in [7, 11) is 1.86. The van der Waals surface area contributed by atoms with Crippen molar-refractivity contribution in [1.82, 2.24) is 10.6 Å². The van der Waals surface area contributed by atoms with E-state index in [2.05, 4.69) is 10.6 Å². The summed E-state index contributed by atoms with van der Waals surface area (Å²) in [5, 5.41) is 15.1. The monoisotopic (exact) mass is 252 g/mol. The summed E-state index contributed by atoms with van der Waals surface area (Å²) < 4.78 is 0. The third-order valence-electron chi connectivity index (χ3n) is 3.95. The Bertz CT molecular complexity index is 367. The summed E-state index contributed by atoms with van der Waals surface area (Å²) in [6, 6.07) is 0. The van der Waals surface area contributed by atoms with Crippen LogP contribution in [0.1, 0.15) is 12.8 Å². The zero-order chi connectivity index (χ0) is 13.1. The average molecular weight is 252 g/mol. The molecule has 1 saturated carbocycles. The van der Waals surface area contributed by atoms with Crippen molar-refractivity contribution >= 4 is 11.9 Å². The molecule has 0 spiro atoms. The quantitative estimate of drug-likeness (QED) is 0.467. The second kappa shape index (κ2) is 5.52. The van der Waals surface area contributed by atoms with Crippen LogP contribution < -0.4 is 10.6 Å². The number of hydrogen-bond acceptors (Lipinski definition) is 3. The molecule has 0 radical (unpaired) electrons. The summed E-state index contributed by atoms with van der Waals surface area (Å²) in [5.74, 6) is -1.71. The minimum atomic E-state index is -0.845. The van der Waals surface area contributed by atoms with E-state index in [9.17, 15) is 14.7 Å². The summed E-state index contributed by atoms with van der Waals surface area (Å²) in [6.45, 7) is 1.45. The van der Waals surface area contributed by atoms with Gasteiger partial charge in [-0.1, -0.05) is 12.2 Å². The van der Waals surface area contributed by atoms with E-state index in [1.54, 1.807) is 0 Å². The molecule has 2 unspecified atom stereocenters. The molecule has 3 N–H and O–H groups in total. The Labute approximate surface area is 107 Å². The number of carboxylic acids is 1. The van der Waals surface area contributed by atoms with Crippen molar-refractivity contribution in [3.8, 4) is 0 Å². The number of fused-ring (bicyclic) bond motifs is 2. The third-order valence-corrected chi connectivity index (χ3v) is 3.95. The number of aliphatic carboxylic acids is 1. The number of amides is 1. The van der Waals surface area contributed by atoms with Gasteiger partial charge in [-0.15, -0.1) is 0 Å². The molecule has 2 rings (SSSR count). The maximum Gasteiger partial charge on any atom is 0.307 e. The van der Waals surface area contributed by atoms with Gasteiger partial charge in [-0.3, -0.25) is 9.59 Å². The molecule has 100 valence electrons. The molecule has 0 heterocycles. The number of carboxylic acid groups (broad SMARTS) is 1. The smallest absolute Gasteiger partial charge is 0.307 e. The van der Waals surface area contributed by atoms with Gasteiger partial charge in [0.1, 0.15) is 0 Å². The van der Waals surface area contributed by atoms with Crippen molar-refractivity contribution in [1.29, 1.82) is 0 Å². The molecule has 0 aromatic heterocycles. The molecule has 2 bridgehead atoms. The Morgan fingerprint density at radius 3 is 2.50 bits per heavy atom. The van der Waals surface area contributed by atoms with Crippen LogP contribution in [0.3, 0.4) is 0 Å². The fraction of sp³-hybridized carbons (Fsp3) is 0.692. The van der Waals surface area contributed by atoms with E-state index in [-0.39, 0.29) is 23.7 Å². The van der Waals surface area contributed by atoms with Gasteiger partial charge in [0.2, 0.25) is 5.91 Å². The third kappa shape index (κ3) is 2.41. The molecule has 1 fully saturated rings. The van der Waals surface area contributed by atoms with Crippen LogP contribution in [0.5, 0.6) is 0 Å². The van der Waals surface area contributed by atoms with Crippen molar-refractivity contribution in [2.45, 2.75) is 12.8 Å². The highest BCUT2D eigenvalue weighted by molar-refractivity contribution is 5.86. The lowest BCUT2D eigenvalue weighted by Gasteiger charge is -2.23. The predicted octanol–water partition coefficient (Wildman–Crippen LogP) is 0.235. The Morgan fingerprint density at radius 1 is 1.22 bits per heavy atom. The van der Waals surface area contributed by atoms with Crippen LogP contribution in [0.4, 0.5) is 0 Å². The maximum atomic E-state index is 12.1. The SMILES string of the molecule is CNCCCNC(=O)[C@H]1C2C=CC(C2)[C@H]1C(=O)O. The Balaban J connectivity index is 1.92. The highest BCUT2D eigenvalue weighted by Crippen LogP contribution is 2.48. The Hall–Kier alpha value is -1.36. The number of rotatable bonds is 6. The number of carbonyl (C=O) groups is 2. The van der Waals surface area contributed by atoms with E-state index in [0.717, 1.165) is 19.4 Å². The van der Waals surface area contributed by atoms with Crippen LogP contribution in [-0.2, 0) is 9.59 Å². The van der Waals surface area contributed by atoms with E-state index in [1.165, 1.54) is 0 Å². The maximum absolute atomic E-state index is 12.1. The zero-order valence-corrected chi connectivity index (χ0v) is 10.6. The summed E-state index contributed by atoms with van der Waals surface area (Å²) >= 11 is 0. The van der Waals surface area contributed by atoms with Crippen LogP contribution in [0.25, 0.3) is 0 Å². The van der Waals surface area contributed by atoms with Crippen molar-refractivity contribution in [3.63, 3.8) is 0 Å². The first-order chi connectivity index (χ1) is 8.65. The van der Waals surface area contributed by atoms with Gasteiger partial charge in [-0.2, -0.15) is 0 Å². The molecule has 0 aliphatic heterocycles. The Kier molecular flexibility index (Phi) is 4.01. The van der Waals surface area contributed by atoms with Gasteiger partial charge in [0, 0.05) is 6.54 Å². The normalized spacial score (nSPS) is 32.7. The zero-order valence-electron chi connectivity index (χ0n) is 10.6. The molecule has 0 saturated heterocycles. The topological polar surface area (TPSA) is 78.4 Å². The molecular formula is C13H20N2O3. The van der Waals surface area contributed by atoms with Gasteiger partial charge >= 0.3 is 5.97 Å². The standard InChI is InChI=1S/C13H20N2O3/c1-14-5-2-6-15-12(16)10-8-3-4-9(7-8)11(10)13(17)18/h3-4,8-11,14H,2,5-7H2,1H3,(H,15,16)(H,17,18)/t8?,9?,10-,11+/m0/s1. The minimum Gasteiger partial charge on any atom is -0.481 e. The largest absolute Gasteiger partial charge is 0.481 e. The first kappa shape index (κ1) is 13.1. The molecule has 0 aromatic rings. The van der Waals surface area contributed by atoms with E-state index < -0.39 is 11.9 Å². The highest BCUT2D eigenvalue weighted by Gasteiger charge is 2.51. The highest BCUT2D eigenvalue weighted by atomic mass is 16.4. The second-order valence-corrected chi connectivity index (χ2v) is 5.09. The first-order valence-electron chi connectivity index (χ1n) is 6.48. The second-order valence-electron chi connectivity index (χ2n) is 5.09. The molecule has 0 aromatic carbocycles. The molecule has 18 heavy (non-hydrogen) atoms. The molecule has 2 aliphatic carbocycles. The number of carbonyl (C=O) groups excluding carboxylic acids is 1. The van der Waals surface area contributed by atoms with E-state index in [0.29, 0.717) is 6.54 Å². The molecular weight excluding hydrogens is 232 g/mol. The molecule has 1 amide bonds. The van der Waals surface area contributed by atoms with Crippen molar-refractivity contribution in [2.75, 3.05) is 20.1 Å². The van der Waals surface area contributed by atoms with Crippen molar-refractivity contribution in [3.05, 3.63) is 12.2 Å². The summed E-state index contributed by atoms with van der Waals surface area (Å²) in [4.78, 5) is 23.3. The summed E-state index contributed by atoms with van der Waals surface area (Å²) in [5.41, 5.74) is 0. The van der Waals surface area contributed by atoms with Crippen molar-refractivity contribution < 1.29 is 14.7 Å². The molecule has 2 aliphatic rings.